The Balaban J connectivity index is 1.52. The standard InChI is InChI=1S/C23H27N7O2/c1-14(2)32-19-9-16-11-24-10-15(16)8-18(19)28-22-20-17(12-25-21(20)26-13-27-22)23(31)30-6-4-29(3)5-7-30/h8-10,12-14H,4-7,11H2,1-3H3,(H2,25,26,27,28). The first-order valence-corrected chi connectivity index (χ1v) is 10.9. The van der Waals surface area contributed by atoms with E-state index in [9.17, 15) is 4.79 Å². The molecular formula is C23H27N7O2. The number of rotatable bonds is 5. The second-order valence-corrected chi connectivity index (χ2v) is 8.55. The van der Waals surface area contributed by atoms with Gasteiger partial charge in [-0.15, -0.1) is 0 Å². The first kappa shape index (κ1) is 20.4. The van der Waals surface area contributed by atoms with Crippen LogP contribution < -0.4 is 10.1 Å². The van der Waals surface area contributed by atoms with Crippen LogP contribution in [0.15, 0.2) is 29.6 Å². The van der Waals surface area contributed by atoms with Gasteiger partial charge in [-0.05, 0) is 44.2 Å². The van der Waals surface area contributed by atoms with Gasteiger partial charge in [-0.25, -0.2) is 9.97 Å². The molecule has 32 heavy (non-hydrogen) atoms. The Morgan fingerprint density at radius 1 is 1.19 bits per heavy atom. The van der Waals surface area contributed by atoms with E-state index < -0.39 is 0 Å². The minimum atomic E-state index is -0.0121. The molecule has 1 fully saturated rings. The van der Waals surface area contributed by atoms with Gasteiger partial charge in [0.25, 0.3) is 5.91 Å². The highest BCUT2D eigenvalue weighted by Gasteiger charge is 2.25. The second-order valence-electron chi connectivity index (χ2n) is 8.55. The predicted octanol–water partition coefficient (Wildman–Crippen LogP) is 2.81. The number of anilines is 2. The van der Waals surface area contributed by atoms with E-state index in [1.54, 1.807) is 6.20 Å². The van der Waals surface area contributed by atoms with Crippen molar-refractivity contribution < 1.29 is 9.53 Å². The highest BCUT2D eigenvalue weighted by atomic mass is 16.5. The maximum atomic E-state index is 13.3. The van der Waals surface area contributed by atoms with E-state index in [0.29, 0.717) is 42.0 Å². The monoisotopic (exact) mass is 433 g/mol. The molecule has 2 aliphatic heterocycles. The fraction of sp³-hybridized carbons (Fsp3) is 0.391. The number of nitrogens with zero attached hydrogens (tertiary/aromatic N) is 5. The van der Waals surface area contributed by atoms with Gasteiger partial charge in [0, 0.05) is 38.6 Å². The number of amides is 1. The lowest BCUT2D eigenvalue weighted by molar-refractivity contribution is 0.0666. The van der Waals surface area contributed by atoms with E-state index in [1.165, 1.54) is 6.33 Å². The number of aromatic nitrogens is 3. The summed E-state index contributed by atoms with van der Waals surface area (Å²) in [6, 6.07) is 4.04. The zero-order valence-corrected chi connectivity index (χ0v) is 18.6. The molecule has 1 saturated heterocycles. The number of H-pyrrole nitrogens is 1. The highest BCUT2D eigenvalue weighted by Crippen LogP contribution is 2.35. The molecule has 2 N–H and O–H groups in total. The summed E-state index contributed by atoms with van der Waals surface area (Å²) in [6.45, 7) is 7.78. The number of carbonyl (C=O) groups is 1. The fourth-order valence-corrected chi connectivity index (χ4v) is 4.12. The molecule has 4 heterocycles. The molecule has 0 atom stereocenters. The summed E-state index contributed by atoms with van der Waals surface area (Å²) < 4.78 is 6.07. The summed E-state index contributed by atoms with van der Waals surface area (Å²) >= 11 is 0. The van der Waals surface area contributed by atoms with Gasteiger partial charge in [-0.1, -0.05) is 0 Å². The summed E-state index contributed by atoms with van der Waals surface area (Å²) in [5.74, 6) is 1.29. The van der Waals surface area contributed by atoms with E-state index in [-0.39, 0.29) is 12.0 Å². The number of aromatic amines is 1. The van der Waals surface area contributed by atoms with Crippen molar-refractivity contribution in [3.05, 3.63) is 41.3 Å². The normalized spacial score (nSPS) is 16.1. The number of likely N-dealkylation sites (N-methyl/N-ethyl adjacent to an activating group) is 1. The minimum absolute atomic E-state index is 0.0121. The maximum absolute atomic E-state index is 13.3. The first-order chi connectivity index (χ1) is 15.5. The third-order valence-electron chi connectivity index (χ3n) is 5.84. The quantitative estimate of drug-likeness (QED) is 0.642. The number of hydrogen-bond donors (Lipinski definition) is 2. The Hall–Kier alpha value is -3.46. The van der Waals surface area contributed by atoms with Crippen LogP contribution in [-0.2, 0) is 6.54 Å². The molecule has 0 bridgehead atoms. The number of nitrogens with one attached hydrogen (secondary N) is 2. The number of hydrogen-bond acceptors (Lipinski definition) is 7. The molecule has 9 nitrogen and oxygen atoms in total. The zero-order chi connectivity index (χ0) is 22.2. The molecule has 2 aromatic heterocycles. The third-order valence-corrected chi connectivity index (χ3v) is 5.84. The van der Waals surface area contributed by atoms with Crippen molar-refractivity contribution >= 4 is 34.7 Å². The van der Waals surface area contributed by atoms with Gasteiger partial charge < -0.3 is 24.8 Å². The van der Waals surface area contributed by atoms with Crippen LogP contribution in [0, 0.1) is 0 Å². The van der Waals surface area contributed by atoms with Crippen molar-refractivity contribution in [3.63, 3.8) is 0 Å². The van der Waals surface area contributed by atoms with Crippen LogP contribution in [0.3, 0.4) is 0 Å². The molecule has 5 rings (SSSR count). The highest BCUT2D eigenvalue weighted by molar-refractivity contribution is 6.10. The van der Waals surface area contributed by atoms with Crippen molar-refractivity contribution in [2.24, 2.45) is 4.99 Å². The third kappa shape index (κ3) is 3.80. The predicted molar refractivity (Wildman–Crippen MR) is 124 cm³/mol. The van der Waals surface area contributed by atoms with Crippen LogP contribution >= 0.6 is 0 Å². The van der Waals surface area contributed by atoms with E-state index in [0.717, 1.165) is 35.7 Å². The number of aliphatic imine (C=N–C) groups is 1. The smallest absolute Gasteiger partial charge is 0.256 e. The molecule has 1 amide bonds. The van der Waals surface area contributed by atoms with Gasteiger partial charge in [0.05, 0.1) is 29.3 Å². The van der Waals surface area contributed by atoms with Crippen molar-refractivity contribution in [1.29, 1.82) is 0 Å². The van der Waals surface area contributed by atoms with Gasteiger partial charge in [-0.2, -0.15) is 0 Å². The van der Waals surface area contributed by atoms with Gasteiger partial charge in [0.2, 0.25) is 0 Å². The first-order valence-electron chi connectivity index (χ1n) is 10.9. The Kier molecular flexibility index (Phi) is 5.26. The molecule has 3 aromatic rings. The van der Waals surface area contributed by atoms with Crippen LogP contribution in [0.2, 0.25) is 0 Å². The van der Waals surface area contributed by atoms with Crippen LogP contribution in [-0.4, -0.2) is 76.2 Å². The molecule has 0 aliphatic carbocycles. The Morgan fingerprint density at radius 2 is 2.00 bits per heavy atom. The van der Waals surface area contributed by atoms with Gasteiger partial charge >= 0.3 is 0 Å². The SMILES string of the molecule is CC(C)Oc1cc2c(cc1Nc1ncnc3[nH]cc(C(=O)N4CCN(C)CC4)c13)C=NC2. The topological polar surface area (TPSA) is 98.7 Å². The number of carbonyl (C=O) groups excluding carboxylic acids is 1. The van der Waals surface area contributed by atoms with Crippen LogP contribution in [0.4, 0.5) is 11.5 Å². The lowest BCUT2D eigenvalue weighted by Gasteiger charge is -2.32. The average molecular weight is 434 g/mol. The molecule has 0 spiro atoms. The Labute approximate surface area is 186 Å². The molecule has 9 heteroatoms. The molecule has 0 unspecified atom stereocenters. The summed E-state index contributed by atoms with van der Waals surface area (Å²) in [5.41, 5.74) is 4.16. The number of piperazine rings is 1. The molecule has 2 aliphatic rings. The summed E-state index contributed by atoms with van der Waals surface area (Å²) in [4.78, 5) is 33.7. The van der Waals surface area contributed by atoms with Crippen LogP contribution in [0.1, 0.15) is 35.3 Å². The van der Waals surface area contributed by atoms with Crippen molar-refractivity contribution in [3.8, 4) is 5.75 Å². The van der Waals surface area contributed by atoms with Crippen LogP contribution in [0.5, 0.6) is 5.75 Å². The van der Waals surface area contributed by atoms with Gasteiger partial charge in [0.1, 0.15) is 23.5 Å². The van der Waals surface area contributed by atoms with Crippen LogP contribution in [0.25, 0.3) is 11.0 Å². The summed E-state index contributed by atoms with van der Waals surface area (Å²) in [5, 5.41) is 4.09. The Bertz CT molecular complexity index is 1190. The largest absolute Gasteiger partial charge is 0.489 e. The van der Waals surface area contributed by atoms with E-state index >= 15 is 0 Å². The second kappa shape index (κ2) is 8.23. The summed E-state index contributed by atoms with van der Waals surface area (Å²) in [7, 11) is 2.07. The molecule has 0 saturated carbocycles. The summed E-state index contributed by atoms with van der Waals surface area (Å²) in [6.07, 6.45) is 5.10. The lowest BCUT2D eigenvalue weighted by Crippen LogP contribution is -2.47. The molecule has 0 radical (unpaired) electrons. The van der Waals surface area contributed by atoms with E-state index in [2.05, 4.69) is 37.2 Å². The molecular weight excluding hydrogens is 406 g/mol. The van der Waals surface area contributed by atoms with Crippen molar-refractivity contribution in [1.82, 2.24) is 24.8 Å². The maximum Gasteiger partial charge on any atom is 0.256 e. The van der Waals surface area contributed by atoms with Crippen molar-refractivity contribution in [2.75, 3.05) is 38.5 Å². The van der Waals surface area contributed by atoms with E-state index in [4.69, 9.17) is 4.74 Å². The minimum Gasteiger partial charge on any atom is -0.489 e. The lowest BCUT2D eigenvalue weighted by atomic mass is 10.1. The zero-order valence-electron chi connectivity index (χ0n) is 18.6. The molecule has 166 valence electrons. The number of fused-ring (bicyclic) bond motifs is 2. The molecule has 1 aromatic carbocycles. The van der Waals surface area contributed by atoms with Gasteiger partial charge in [-0.3, -0.25) is 9.79 Å². The van der Waals surface area contributed by atoms with E-state index in [1.807, 2.05) is 37.1 Å². The number of benzene rings is 1. The fourth-order valence-electron chi connectivity index (χ4n) is 4.12. The number of ether oxygens (including phenoxy) is 1. The Morgan fingerprint density at radius 3 is 2.78 bits per heavy atom. The van der Waals surface area contributed by atoms with Crippen molar-refractivity contribution in [2.45, 2.75) is 26.5 Å². The average Bonchev–Trinajstić information content (AvgIpc) is 3.40. The van der Waals surface area contributed by atoms with Gasteiger partial charge in [0.15, 0.2) is 0 Å².